The first-order chi connectivity index (χ1) is 9.83. The largest absolute Gasteiger partial charge is 0.342 e. The zero-order chi connectivity index (χ0) is 13.5. The number of fused-ring (bicyclic) bond motifs is 1. The molecule has 0 aliphatic heterocycles. The van der Waals surface area contributed by atoms with Crippen LogP contribution in [0.5, 0.6) is 0 Å². The minimum atomic E-state index is 0.575. The lowest BCUT2D eigenvalue weighted by atomic mass is 10.0. The monoisotopic (exact) mass is 263 g/mol. The van der Waals surface area contributed by atoms with E-state index in [1.165, 1.54) is 24.0 Å². The van der Waals surface area contributed by atoms with E-state index < -0.39 is 0 Å². The van der Waals surface area contributed by atoms with Crippen LogP contribution in [-0.4, -0.2) is 9.97 Å². The van der Waals surface area contributed by atoms with Gasteiger partial charge in [0.15, 0.2) is 0 Å². The summed E-state index contributed by atoms with van der Waals surface area (Å²) in [7, 11) is 0. The topological polar surface area (TPSA) is 54.7 Å². The van der Waals surface area contributed by atoms with Crippen molar-refractivity contribution >= 4 is 11.0 Å². The first-order valence-electron chi connectivity index (χ1n) is 7.12. The zero-order valence-electron chi connectivity index (χ0n) is 11.3. The number of aromatic amines is 1. The van der Waals surface area contributed by atoms with Crippen molar-refractivity contribution in [1.29, 1.82) is 0 Å². The van der Waals surface area contributed by atoms with Crippen LogP contribution < -0.4 is 5.73 Å². The first-order valence-corrected chi connectivity index (χ1v) is 7.12. The van der Waals surface area contributed by atoms with Gasteiger partial charge in [-0.3, -0.25) is 0 Å². The summed E-state index contributed by atoms with van der Waals surface area (Å²) in [5.74, 6) is 1.80. The van der Waals surface area contributed by atoms with Crippen molar-refractivity contribution < 1.29 is 0 Å². The molecule has 0 bridgehead atoms. The molecule has 1 aromatic heterocycles. The van der Waals surface area contributed by atoms with Crippen molar-refractivity contribution in [3.8, 4) is 11.1 Å². The lowest BCUT2D eigenvalue weighted by Crippen LogP contribution is -1.95. The van der Waals surface area contributed by atoms with Gasteiger partial charge in [-0.25, -0.2) is 4.98 Å². The van der Waals surface area contributed by atoms with Gasteiger partial charge in [0.05, 0.1) is 11.0 Å². The predicted molar refractivity (Wildman–Crippen MR) is 81.4 cm³/mol. The fraction of sp³-hybridized carbons (Fsp3) is 0.235. The SMILES string of the molecule is NCc1cccc(-c2ccc3nc(C4CC4)[nH]c3c2)c1. The van der Waals surface area contributed by atoms with E-state index in [2.05, 4.69) is 52.4 Å². The predicted octanol–water partition coefficient (Wildman–Crippen LogP) is 3.57. The van der Waals surface area contributed by atoms with Gasteiger partial charge in [-0.15, -0.1) is 0 Å². The van der Waals surface area contributed by atoms with Crippen LogP contribution in [0.15, 0.2) is 42.5 Å². The number of hydrogen-bond donors (Lipinski definition) is 2. The summed E-state index contributed by atoms with van der Waals surface area (Å²) < 4.78 is 0. The third kappa shape index (κ3) is 2.00. The molecule has 1 fully saturated rings. The van der Waals surface area contributed by atoms with Crippen LogP contribution in [-0.2, 0) is 6.54 Å². The van der Waals surface area contributed by atoms with Gasteiger partial charge in [0.2, 0.25) is 0 Å². The Kier molecular flexibility index (Phi) is 2.60. The van der Waals surface area contributed by atoms with Crippen molar-refractivity contribution in [3.05, 3.63) is 53.9 Å². The fourth-order valence-electron chi connectivity index (χ4n) is 2.64. The summed E-state index contributed by atoms with van der Waals surface area (Å²) in [4.78, 5) is 8.13. The number of nitrogens with one attached hydrogen (secondary N) is 1. The number of nitrogens with zero attached hydrogens (tertiary/aromatic N) is 1. The number of nitrogens with two attached hydrogens (primary N) is 1. The molecule has 0 spiro atoms. The van der Waals surface area contributed by atoms with E-state index >= 15 is 0 Å². The van der Waals surface area contributed by atoms with Crippen molar-refractivity contribution in [2.45, 2.75) is 25.3 Å². The van der Waals surface area contributed by atoms with Crippen LogP contribution in [0.3, 0.4) is 0 Å². The van der Waals surface area contributed by atoms with E-state index in [-0.39, 0.29) is 0 Å². The third-order valence-corrected chi connectivity index (χ3v) is 3.96. The van der Waals surface area contributed by atoms with Gasteiger partial charge < -0.3 is 10.7 Å². The normalized spacial score (nSPS) is 14.8. The second kappa shape index (κ2) is 4.46. The van der Waals surface area contributed by atoms with Crippen LogP contribution >= 0.6 is 0 Å². The van der Waals surface area contributed by atoms with Crippen molar-refractivity contribution in [1.82, 2.24) is 9.97 Å². The van der Waals surface area contributed by atoms with Crippen molar-refractivity contribution in [2.24, 2.45) is 5.73 Å². The molecule has 0 radical (unpaired) electrons. The number of rotatable bonds is 3. The molecule has 3 nitrogen and oxygen atoms in total. The van der Waals surface area contributed by atoms with E-state index in [4.69, 9.17) is 5.73 Å². The first kappa shape index (κ1) is 11.7. The summed E-state index contributed by atoms with van der Waals surface area (Å²) in [6.45, 7) is 0.575. The van der Waals surface area contributed by atoms with Gasteiger partial charge in [-0.2, -0.15) is 0 Å². The Bertz CT molecular complexity index is 769. The molecule has 20 heavy (non-hydrogen) atoms. The highest BCUT2D eigenvalue weighted by atomic mass is 14.9. The van der Waals surface area contributed by atoms with Gasteiger partial charge in [0, 0.05) is 12.5 Å². The highest BCUT2D eigenvalue weighted by Crippen LogP contribution is 2.39. The molecule has 1 saturated carbocycles. The number of benzene rings is 2. The molecule has 3 N–H and O–H groups in total. The highest BCUT2D eigenvalue weighted by molar-refractivity contribution is 5.82. The quantitative estimate of drug-likeness (QED) is 0.759. The molecule has 3 aromatic rings. The Morgan fingerprint density at radius 3 is 2.75 bits per heavy atom. The fourth-order valence-corrected chi connectivity index (χ4v) is 2.64. The summed E-state index contributed by atoms with van der Waals surface area (Å²) in [5.41, 5.74) is 11.5. The second-order valence-corrected chi connectivity index (χ2v) is 5.53. The average molecular weight is 263 g/mol. The standard InChI is InChI=1S/C17H17N3/c18-10-11-2-1-3-13(8-11)14-6-7-15-16(9-14)20-17(19-15)12-4-5-12/h1-3,6-9,12H,4-5,10,18H2,(H,19,20). The smallest absolute Gasteiger partial charge is 0.110 e. The molecule has 100 valence electrons. The maximum absolute atomic E-state index is 5.71. The van der Waals surface area contributed by atoms with Gasteiger partial charge in [-0.05, 0) is 47.7 Å². The highest BCUT2D eigenvalue weighted by Gasteiger charge is 2.26. The molecule has 1 aliphatic carbocycles. The summed E-state index contributed by atoms with van der Waals surface area (Å²) in [6.07, 6.45) is 2.54. The summed E-state index contributed by atoms with van der Waals surface area (Å²) >= 11 is 0. The number of H-pyrrole nitrogens is 1. The number of hydrogen-bond acceptors (Lipinski definition) is 2. The van der Waals surface area contributed by atoms with Crippen LogP contribution in [0.1, 0.15) is 30.1 Å². The Morgan fingerprint density at radius 2 is 1.95 bits per heavy atom. The van der Waals surface area contributed by atoms with E-state index in [9.17, 15) is 0 Å². The summed E-state index contributed by atoms with van der Waals surface area (Å²) in [6, 6.07) is 14.8. The Hall–Kier alpha value is -2.13. The maximum Gasteiger partial charge on any atom is 0.110 e. The maximum atomic E-state index is 5.71. The number of aromatic nitrogens is 2. The van der Waals surface area contributed by atoms with Gasteiger partial charge in [0.1, 0.15) is 5.82 Å². The van der Waals surface area contributed by atoms with Crippen LogP contribution in [0.4, 0.5) is 0 Å². The Morgan fingerprint density at radius 1 is 1.10 bits per heavy atom. The van der Waals surface area contributed by atoms with Gasteiger partial charge in [-0.1, -0.05) is 24.3 Å². The molecule has 1 aliphatic rings. The summed E-state index contributed by atoms with van der Waals surface area (Å²) in [5, 5.41) is 0. The van der Waals surface area contributed by atoms with Gasteiger partial charge >= 0.3 is 0 Å². The zero-order valence-corrected chi connectivity index (χ0v) is 11.3. The van der Waals surface area contributed by atoms with Crippen LogP contribution in [0.25, 0.3) is 22.2 Å². The molecule has 2 aromatic carbocycles. The number of imidazole rings is 1. The third-order valence-electron chi connectivity index (χ3n) is 3.96. The molecular weight excluding hydrogens is 246 g/mol. The molecule has 0 saturated heterocycles. The average Bonchev–Trinajstić information content (AvgIpc) is 3.26. The molecule has 3 heteroatoms. The Balaban J connectivity index is 1.78. The van der Waals surface area contributed by atoms with E-state index in [0.29, 0.717) is 12.5 Å². The molecule has 0 unspecified atom stereocenters. The Labute approximate surface area is 117 Å². The van der Waals surface area contributed by atoms with Gasteiger partial charge in [0.25, 0.3) is 0 Å². The molecule has 1 heterocycles. The molecule has 0 amide bonds. The lowest BCUT2D eigenvalue weighted by molar-refractivity contribution is 0.986. The van der Waals surface area contributed by atoms with E-state index in [0.717, 1.165) is 22.4 Å². The lowest BCUT2D eigenvalue weighted by Gasteiger charge is -2.04. The second-order valence-electron chi connectivity index (χ2n) is 5.53. The minimum Gasteiger partial charge on any atom is -0.342 e. The minimum absolute atomic E-state index is 0.575. The molecular formula is C17H17N3. The molecule has 4 rings (SSSR count). The van der Waals surface area contributed by atoms with Crippen molar-refractivity contribution in [2.75, 3.05) is 0 Å². The van der Waals surface area contributed by atoms with Crippen LogP contribution in [0.2, 0.25) is 0 Å². The van der Waals surface area contributed by atoms with Crippen LogP contribution in [0, 0.1) is 0 Å². The molecule has 0 atom stereocenters. The van der Waals surface area contributed by atoms with E-state index in [1.54, 1.807) is 0 Å². The van der Waals surface area contributed by atoms with E-state index in [1.807, 2.05) is 0 Å². The van der Waals surface area contributed by atoms with Crippen molar-refractivity contribution in [3.63, 3.8) is 0 Å².